The van der Waals surface area contributed by atoms with Crippen LogP contribution in [0.3, 0.4) is 0 Å². The maximum atomic E-state index is 12.3. The summed E-state index contributed by atoms with van der Waals surface area (Å²) < 4.78 is 16.5. The van der Waals surface area contributed by atoms with Crippen molar-refractivity contribution in [1.82, 2.24) is 0 Å². The second kappa shape index (κ2) is 7.20. The van der Waals surface area contributed by atoms with Crippen LogP contribution in [-0.4, -0.2) is 25.2 Å². The Hall–Kier alpha value is -2.11. The molecule has 0 unspecified atom stereocenters. The minimum Gasteiger partial charge on any atom is -0.486 e. The average molecular weight is 368 g/mol. The van der Waals surface area contributed by atoms with Crippen molar-refractivity contribution in [2.24, 2.45) is 0 Å². The highest BCUT2D eigenvalue weighted by atomic mass is 35.5. The zero-order valence-electron chi connectivity index (χ0n) is 12.8. The van der Waals surface area contributed by atoms with Gasteiger partial charge < -0.3 is 19.5 Å². The van der Waals surface area contributed by atoms with Gasteiger partial charge in [-0.3, -0.25) is 4.79 Å². The topological polar surface area (TPSA) is 56.8 Å². The molecule has 0 saturated heterocycles. The minimum absolute atomic E-state index is 0.294. The van der Waals surface area contributed by atoms with Crippen LogP contribution in [0.25, 0.3) is 0 Å². The summed E-state index contributed by atoms with van der Waals surface area (Å²) in [5.41, 5.74) is 0.605. The first-order valence-electron chi connectivity index (χ1n) is 7.35. The van der Waals surface area contributed by atoms with Gasteiger partial charge in [0.1, 0.15) is 19.0 Å². The molecule has 2 aromatic carbocycles. The lowest BCUT2D eigenvalue weighted by Crippen LogP contribution is -2.30. The zero-order valence-corrected chi connectivity index (χ0v) is 14.4. The number of hydrogen-bond acceptors (Lipinski definition) is 4. The number of anilines is 1. The standard InChI is InChI=1S/C17H15Cl2NO4/c1-10(24-12-3-4-13(18)14(19)9-12)17(21)20-11-2-5-15-16(8-11)23-7-6-22-15/h2-5,8-10H,6-7H2,1H3,(H,20,21)/t10-/m1/s1. The van der Waals surface area contributed by atoms with E-state index >= 15 is 0 Å². The molecule has 1 amide bonds. The smallest absolute Gasteiger partial charge is 0.265 e. The molecule has 1 aliphatic rings. The Labute approximate surface area is 149 Å². The van der Waals surface area contributed by atoms with E-state index in [1.54, 1.807) is 43.3 Å². The number of halogens is 2. The molecular weight excluding hydrogens is 353 g/mol. The van der Waals surface area contributed by atoms with Gasteiger partial charge in [-0.1, -0.05) is 23.2 Å². The van der Waals surface area contributed by atoms with Gasteiger partial charge in [-0.15, -0.1) is 0 Å². The van der Waals surface area contributed by atoms with Crippen LogP contribution in [0.1, 0.15) is 6.92 Å². The normalized spacial score (nSPS) is 14.0. The van der Waals surface area contributed by atoms with Gasteiger partial charge in [0, 0.05) is 17.8 Å². The first kappa shape index (κ1) is 16.7. The Morgan fingerprint density at radius 3 is 2.58 bits per heavy atom. The molecule has 1 atom stereocenters. The SMILES string of the molecule is C[C@@H](Oc1ccc(Cl)c(Cl)c1)C(=O)Nc1ccc2c(c1)OCCO2. The van der Waals surface area contributed by atoms with E-state index in [0.29, 0.717) is 46.2 Å². The maximum Gasteiger partial charge on any atom is 0.265 e. The van der Waals surface area contributed by atoms with E-state index in [1.807, 2.05) is 0 Å². The third-order valence-electron chi connectivity index (χ3n) is 3.38. The van der Waals surface area contributed by atoms with E-state index in [4.69, 9.17) is 37.4 Å². The summed E-state index contributed by atoms with van der Waals surface area (Å²) in [4.78, 5) is 12.3. The van der Waals surface area contributed by atoms with Crippen molar-refractivity contribution < 1.29 is 19.0 Å². The lowest BCUT2D eigenvalue weighted by Gasteiger charge is -2.20. The fourth-order valence-electron chi connectivity index (χ4n) is 2.17. The number of benzene rings is 2. The molecule has 3 rings (SSSR count). The molecule has 5 nitrogen and oxygen atoms in total. The summed E-state index contributed by atoms with van der Waals surface area (Å²) in [6, 6.07) is 10.1. The van der Waals surface area contributed by atoms with Gasteiger partial charge in [0.2, 0.25) is 0 Å². The molecular formula is C17H15Cl2NO4. The fraction of sp³-hybridized carbons (Fsp3) is 0.235. The second-order valence-corrected chi connectivity index (χ2v) is 6.00. The van der Waals surface area contributed by atoms with Gasteiger partial charge in [-0.05, 0) is 31.2 Å². The first-order valence-corrected chi connectivity index (χ1v) is 8.11. The van der Waals surface area contributed by atoms with E-state index in [2.05, 4.69) is 5.32 Å². The zero-order chi connectivity index (χ0) is 17.1. The summed E-state index contributed by atoms with van der Waals surface area (Å²) in [5.74, 6) is 1.45. The lowest BCUT2D eigenvalue weighted by atomic mass is 10.2. The highest BCUT2D eigenvalue weighted by Gasteiger charge is 2.17. The van der Waals surface area contributed by atoms with E-state index in [9.17, 15) is 4.79 Å². The van der Waals surface area contributed by atoms with E-state index in [1.165, 1.54) is 0 Å². The number of amides is 1. The highest BCUT2D eigenvalue weighted by molar-refractivity contribution is 6.42. The Morgan fingerprint density at radius 1 is 1.08 bits per heavy atom. The number of carbonyl (C=O) groups excluding carboxylic acids is 1. The predicted molar refractivity (Wildman–Crippen MR) is 92.6 cm³/mol. The van der Waals surface area contributed by atoms with Crippen molar-refractivity contribution >= 4 is 34.8 Å². The molecule has 0 radical (unpaired) electrons. The third-order valence-corrected chi connectivity index (χ3v) is 4.12. The molecule has 1 heterocycles. The van der Waals surface area contributed by atoms with Gasteiger partial charge in [0.05, 0.1) is 10.0 Å². The first-order chi connectivity index (χ1) is 11.5. The summed E-state index contributed by atoms with van der Waals surface area (Å²) in [6.07, 6.45) is -0.713. The van der Waals surface area contributed by atoms with Gasteiger partial charge >= 0.3 is 0 Å². The van der Waals surface area contributed by atoms with Gasteiger partial charge in [-0.25, -0.2) is 0 Å². The molecule has 126 valence electrons. The van der Waals surface area contributed by atoms with Crippen LogP contribution in [0.4, 0.5) is 5.69 Å². The van der Waals surface area contributed by atoms with Crippen molar-refractivity contribution in [3.05, 3.63) is 46.4 Å². The van der Waals surface area contributed by atoms with Gasteiger partial charge in [-0.2, -0.15) is 0 Å². The molecule has 1 N–H and O–H groups in total. The molecule has 7 heteroatoms. The largest absolute Gasteiger partial charge is 0.486 e. The molecule has 0 fully saturated rings. The van der Waals surface area contributed by atoms with Crippen molar-refractivity contribution in [1.29, 1.82) is 0 Å². The van der Waals surface area contributed by atoms with Crippen LogP contribution in [0, 0.1) is 0 Å². The fourth-order valence-corrected chi connectivity index (χ4v) is 2.46. The summed E-state index contributed by atoms with van der Waals surface area (Å²) in [7, 11) is 0. The molecule has 2 aromatic rings. The molecule has 24 heavy (non-hydrogen) atoms. The number of rotatable bonds is 4. The van der Waals surface area contributed by atoms with Crippen LogP contribution in [0.5, 0.6) is 17.2 Å². The molecule has 0 saturated carbocycles. The van der Waals surface area contributed by atoms with Crippen LogP contribution >= 0.6 is 23.2 Å². The molecule has 0 aromatic heterocycles. The quantitative estimate of drug-likeness (QED) is 0.880. The Morgan fingerprint density at radius 2 is 1.83 bits per heavy atom. The van der Waals surface area contributed by atoms with Gasteiger partial charge in [0.15, 0.2) is 17.6 Å². The van der Waals surface area contributed by atoms with Gasteiger partial charge in [0.25, 0.3) is 5.91 Å². The third kappa shape index (κ3) is 3.86. The second-order valence-electron chi connectivity index (χ2n) is 5.18. The molecule has 1 aliphatic heterocycles. The molecule has 0 spiro atoms. The number of fused-ring (bicyclic) bond motifs is 1. The van der Waals surface area contributed by atoms with Crippen LogP contribution < -0.4 is 19.5 Å². The average Bonchev–Trinajstić information content (AvgIpc) is 2.58. The Balaban J connectivity index is 1.64. The van der Waals surface area contributed by atoms with Crippen molar-refractivity contribution in [2.45, 2.75) is 13.0 Å². The predicted octanol–water partition coefficient (Wildman–Crippen LogP) is 4.17. The number of nitrogens with one attached hydrogen (secondary N) is 1. The van der Waals surface area contributed by atoms with Crippen molar-refractivity contribution in [2.75, 3.05) is 18.5 Å². The number of hydrogen-bond donors (Lipinski definition) is 1. The lowest BCUT2D eigenvalue weighted by molar-refractivity contribution is -0.122. The maximum absolute atomic E-state index is 12.3. The van der Waals surface area contributed by atoms with E-state index in [0.717, 1.165) is 0 Å². The molecule has 0 bridgehead atoms. The van der Waals surface area contributed by atoms with Crippen LogP contribution in [0.15, 0.2) is 36.4 Å². The van der Waals surface area contributed by atoms with Crippen LogP contribution in [0.2, 0.25) is 10.0 Å². The Kier molecular flexibility index (Phi) is 5.02. The summed E-state index contributed by atoms with van der Waals surface area (Å²) >= 11 is 11.8. The number of ether oxygens (including phenoxy) is 3. The minimum atomic E-state index is -0.713. The van der Waals surface area contributed by atoms with E-state index < -0.39 is 6.10 Å². The highest BCUT2D eigenvalue weighted by Crippen LogP contribution is 2.32. The number of carbonyl (C=O) groups is 1. The Bertz CT molecular complexity index is 766. The monoisotopic (exact) mass is 367 g/mol. The summed E-state index contributed by atoms with van der Waals surface area (Å²) in [5, 5.41) is 3.58. The van der Waals surface area contributed by atoms with Crippen molar-refractivity contribution in [3.8, 4) is 17.2 Å². The summed E-state index contributed by atoms with van der Waals surface area (Å²) in [6.45, 7) is 2.66. The van der Waals surface area contributed by atoms with Crippen molar-refractivity contribution in [3.63, 3.8) is 0 Å². The molecule has 0 aliphatic carbocycles. The van der Waals surface area contributed by atoms with E-state index in [-0.39, 0.29) is 5.91 Å². The van der Waals surface area contributed by atoms with Crippen LogP contribution in [-0.2, 0) is 4.79 Å².